The number of hydrogen-bond acceptors (Lipinski definition) is 3. The van der Waals surface area contributed by atoms with Gasteiger partial charge in [0.15, 0.2) is 0 Å². The summed E-state index contributed by atoms with van der Waals surface area (Å²) in [6, 6.07) is 4.71. The van der Waals surface area contributed by atoms with Gasteiger partial charge in [0.25, 0.3) is 0 Å². The van der Waals surface area contributed by atoms with E-state index in [-0.39, 0.29) is 11.5 Å². The highest BCUT2D eigenvalue weighted by molar-refractivity contribution is 5.08. The average Bonchev–Trinajstić information content (AvgIpc) is 2.85. The molecule has 1 aliphatic carbocycles. The van der Waals surface area contributed by atoms with Crippen molar-refractivity contribution in [3.63, 3.8) is 0 Å². The summed E-state index contributed by atoms with van der Waals surface area (Å²) in [5.74, 6) is 1.60. The minimum Gasteiger partial charge on any atom is -0.468 e. The van der Waals surface area contributed by atoms with Gasteiger partial charge in [-0.15, -0.1) is 0 Å². The fourth-order valence-electron chi connectivity index (χ4n) is 2.68. The zero-order valence-corrected chi connectivity index (χ0v) is 12.8. The minimum absolute atomic E-state index is 0.190. The van der Waals surface area contributed by atoms with Gasteiger partial charge in [0.1, 0.15) is 5.76 Å². The van der Waals surface area contributed by atoms with Crippen molar-refractivity contribution in [2.75, 3.05) is 6.61 Å². The molecule has 0 aliphatic heterocycles. The van der Waals surface area contributed by atoms with E-state index in [1.165, 1.54) is 0 Å². The highest BCUT2D eigenvalue weighted by Gasteiger charge is 2.49. The Kier molecular flexibility index (Phi) is 4.36. The Bertz CT molecular complexity index is 383. The molecule has 1 fully saturated rings. The molecule has 19 heavy (non-hydrogen) atoms. The van der Waals surface area contributed by atoms with Crippen LogP contribution in [0.1, 0.15) is 52.8 Å². The maximum absolute atomic E-state index is 5.99. The first kappa shape index (κ1) is 14.6. The first-order chi connectivity index (χ1) is 8.91. The second-order valence-corrected chi connectivity index (χ2v) is 6.73. The topological polar surface area (TPSA) is 34.4 Å². The van der Waals surface area contributed by atoms with Crippen LogP contribution in [0.4, 0.5) is 0 Å². The summed E-state index contributed by atoms with van der Waals surface area (Å²) in [6.07, 6.45) is 3.19. The van der Waals surface area contributed by atoms with Gasteiger partial charge in [0, 0.05) is 18.1 Å². The predicted octanol–water partition coefficient (Wildman–Crippen LogP) is 3.77. The number of ether oxygens (including phenoxy) is 1. The Labute approximate surface area is 116 Å². The van der Waals surface area contributed by atoms with E-state index < -0.39 is 0 Å². The summed E-state index contributed by atoms with van der Waals surface area (Å²) >= 11 is 0. The van der Waals surface area contributed by atoms with Crippen LogP contribution in [0.5, 0.6) is 0 Å². The van der Waals surface area contributed by atoms with E-state index in [2.05, 4.69) is 39.9 Å². The van der Waals surface area contributed by atoms with Crippen molar-refractivity contribution in [2.24, 2.45) is 11.3 Å². The van der Waals surface area contributed by atoms with E-state index in [9.17, 15) is 0 Å². The van der Waals surface area contributed by atoms with E-state index in [1.807, 2.05) is 12.1 Å². The summed E-state index contributed by atoms with van der Waals surface area (Å²) in [6.45, 7) is 12.0. The van der Waals surface area contributed by atoms with Gasteiger partial charge in [-0.3, -0.25) is 0 Å². The number of nitrogens with one attached hydrogen (secondary N) is 1. The van der Waals surface area contributed by atoms with Crippen LogP contribution < -0.4 is 5.32 Å². The van der Waals surface area contributed by atoms with E-state index in [4.69, 9.17) is 9.15 Å². The minimum atomic E-state index is 0.190. The first-order valence-corrected chi connectivity index (χ1v) is 7.32. The normalized spacial score (nSPS) is 27.3. The van der Waals surface area contributed by atoms with Crippen LogP contribution in [-0.4, -0.2) is 18.8 Å². The van der Waals surface area contributed by atoms with Crippen molar-refractivity contribution in [1.82, 2.24) is 5.32 Å². The van der Waals surface area contributed by atoms with Gasteiger partial charge < -0.3 is 14.5 Å². The fourth-order valence-corrected chi connectivity index (χ4v) is 2.68. The van der Waals surface area contributed by atoms with Gasteiger partial charge >= 0.3 is 0 Å². The Morgan fingerprint density at radius 2 is 2.16 bits per heavy atom. The van der Waals surface area contributed by atoms with Gasteiger partial charge in [-0.25, -0.2) is 0 Å². The van der Waals surface area contributed by atoms with Gasteiger partial charge in [-0.1, -0.05) is 27.7 Å². The maximum atomic E-state index is 5.99. The fraction of sp³-hybridized carbons (Fsp3) is 0.750. The number of rotatable bonds is 6. The van der Waals surface area contributed by atoms with Gasteiger partial charge in [-0.05, 0) is 31.4 Å². The lowest BCUT2D eigenvalue weighted by Crippen LogP contribution is -2.61. The van der Waals surface area contributed by atoms with Crippen LogP contribution in [0, 0.1) is 11.3 Å². The standard InChI is InChI=1S/C16H27NO2/c1-11(2)10-19-15-9-14(16(15,4)5)17-12(3)13-7-6-8-18-13/h6-8,11-12,14-15,17H,9-10H2,1-5H3/t12-,14?,15?/m0/s1. The zero-order valence-electron chi connectivity index (χ0n) is 12.8. The van der Waals surface area contributed by atoms with Crippen molar-refractivity contribution in [3.8, 4) is 0 Å². The summed E-state index contributed by atoms with van der Waals surface area (Å²) < 4.78 is 11.4. The smallest absolute Gasteiger partial charge is 0.120 e. The Hall–Kier alpha value is -0.800. The van der Waals surface area contributed by atoms with E-state index in [1.54, 1.807) is 6.26 Å². The molecular formula is C16H27NO2. The predicted molar refractivity (Wildman–Crippen MR) is 77.0 cm³/mol. The SMILES string of the molecule is CC(C)COC1CC(N[C@@H](C)c2ccco2)C1(C)C. The maximum Gasteiger partial charge on any atom is 0.120 e. The molecule has 3 nitrogen and oxygen atoms in total. The molecule has 1 saturated carbocycles. The molecule has 1 aromatic heterocycles. The van der Waals surface area contributed by atoms with E-state index in [0.29, 0.717) is 18.1 Å². The van der Waals surface area contributed by atoms with E-state index >= 15 is 0 Å². The molecule has 0 saturated heterocycles. The van der Waals surface area contributed by atoms with Crippen LogP contribution >= 0.6 is 0 Å². The molecule has 0 aromatic carbocycles. The number of furan rings is 1. The van der Waals surface area contributed by atoms with Gasteiger partial charge in [0.05, 0.1) is 18.4 Å². The molecule has 1 heterocycles. The third-order valence-electron chi connectivity index (χ3n) is 4.23. The van der Waals surface area contributed by atoms with Crippen LogP contribution in [0.15, 0.2) is 22.8 Å². The summed E-state index contributed by atoms with van der Waals surface area (Å²) in [5, 5.41) is 3.65. The molecule has 3 atom stereocenters. The lowest BCUT2D eigenvalue weighted by Gasteiger charge is -2.52. The third kappa shape index (κ3) is 3.21. The van der Waals surface area contributed by atoms with Gasteiger partial charge in [0.2, 0.25) is 0 Å². The molecule has 1 aliphatic rings. The van der Waals surface area contributed by atoms with Crippen LogP contribution in [-0.2, 0) is 4.74 Å². The van der Waals surface area contributed by atoms with Crippen molar-refractivity contribution < 1.29 is 9.15 Å². The summed E-state index contributed by atoms with van der Waals surface area (Å²) in [7, 11) is 0. The molecule has 1 aromatic rings. The monoisotopic (exact) mass is 265 g/mol. The molecule has 0 bridgehead atoms. The molecule has 108 valence electrons. The van der Waals surface area contributed by atoms with E-state index in [0.717, 1.165) is 18.8 Å². The lowest BCUT2D eigenvalue weighted by atomic mass is 9.64. The molecule has 2 rings (SSSR count). The molecular weight excluding hydrogens is 238 g/mol. The molecule has 3 heteroatoms. The Morgan fingerprint density at radius 3 is 2.68 bits per heavy atom. The van der Waals surface area contributed by atoms with Crippen molar-refractivity contribution in [1.29, 1.82) is 0 Å². The zero-order chi connectivity index (χ0) is 14.0. The molecule has 0 spiro atoms. The van der Waals surface area contributed by atoms with Crippen LogP contribution in [0.2, 0.25) is 0 Å². The highest BCUT2D eigenvalue weighted by atomic mass is 16.5. The summed E-state index contributed by atoms with van der Waals surface area (Å²) in [5.41, 5.74) is 0.190. The van der Waals surface area contributed by atoms with Crippen molar-refractivity contribution >= 4 is 0 Å². The molecule has 1 N–H and O–H groups in total. The Morgan fingerprint density at radius 1 is 1.42 bits per heavy atom. The second kappa shape index (κ2) is 5.68. The number of hydrogen-bond donors (Lipinski definition) is 1. The van der Waals surface area contributed by atoms with Crippen LogP contribution in [0.25, 0.3) is 0 Å². The lowest BCUT2D eigenvalue weighted by molar-refractivity contribution is -0.126. The third-order valence-corrected chi connectivity index (χ3v) is 4.23. The van der Waals surface area contributed by atoms with Gasteiger partial charge in [-0.2, -0.15) is 0 Å². The Balaban J connectivity index is 1.84. The van der Waals surface area contributed by atoms with Crippen LogP contribution in [0.3, 0.4) is 0 Å². The van der Waals surface area contributed by atoms with Crippen molar-refractivity contribution in [2.45, 2.75) is 59.2 Å². The highest BCUT2D eigenvalue weighted by Crippen LogP contribution is 2.43. The summed E-state index contributed by atoms with van der Waals surface area (Å²) in [4.78, 5) is 0. The average molecular weight is 265 g/mol. The quantitative estimate of drug-likeness (QED) is 0.850. The molecule has 0 amide bonds. The first-order valence-electron chi connectivity index (χ1n) is 7.32. The van der Waals surface area contributed by atoms with Crippen molar-refractivity contribution in [3.05, 3.63) is 24.2 Å². The largest absolute Gasteiger partial charge is 0.468 e. The molecule has 2 unspecified atom stereocenters. The second-order valence-electron chi connectivity index (χ2n) is 6.73. The molecule has 0 radical (unpaired) electrons.